The molecule has 112 valence electrons. The lowest BCUT2D eigenvalue weighted by Crippen LogP contribution is -2.16. The van der Waals surface area contributed by atoms with Gasteiger partial charge in [-0.1, -0.05) is 6.92 Å². The number of carbonyl (C=O) groups is 2. The van der Waals surface area contributed by atoms with Crippen LogP contribution in [0.2, 0.25) is 0 Å². The van der Waals surface area contributed by atoms with Gasteiger partial charge in [0.1, 0.15) is 0 Å². The van der Waals surface area contributed by atoms with Crippen molar-refractivity contribution in [3.05, 3.63) is 17.0 Å². The lowest BCUT2D eigenvalue weighted by molar-refractivity contribution is -0.144. The molecular weight excluding hydrogens is 294 g/mol. The second-order valence-electron chi connectivity index (χ2n) is 4.56. The number of Topliss-reactive ketones (excluding diaryl/α,β-unsaturated/α-hetero) is 1. The standard InChI is InChI=1S/C14H15NO5S/c1-7(14(18)20-3)4-9(16)12-5-8-11(21-12)6-10(17)13(15-8)19-2/h5-7,17H,4H2,1-3H3. The molecule has 7 heteroatoms. The third-order valence-corrected chi connectivity index (χ3v) is 4.12. The molecule has 2 aromatic rings. The van der Waals surface area contributed by atoms with Crippen LogP contribution in [0, 0.1) is 5.92 Å². The van der Waals surface area contributed by atoms with Crippen LogP contribution < -0.4 is 4.74 Å². The zero-order valence-corrected chi connectivity index (χ0v) is 12.7. The van der Waals surface area contributed by atoms with Crippen molar-refractivity contribution in [3.63, 3.8) is 0 Å². The molecule has 21 heavy (non-hydrogen) atoms. The van der Waals surface area contributed by atoms with Crippen molar-refractivity contribution in [1.29, 1.82) is 0 Å². The molecule has 0 radical (unpaired) electrons. The van der Waals surface area contributed by atoms with E-state index in [0.29, 0.717) is 15.1 Å². The smallest absolute Gasteiger partial charge is 0.308 e. The monoisotopic (exact) mass is 309 g/mol. The summed E-state index contributed by atoms with van der Waals surface area (Å²) in [5, 5.41) is 9.68. The molecule has 0 bridgehead atoms. The highest BCUT2D eigenvalue weighted by Crippen LogP contribution is 2.33. The van der Waals surface area contributed by atoms with Gasteiger partial charge in [-0.2, -0.15) is 0 Å². The van der Waals surface area contributed by atoms with Crippen molar-refractivity contribution in [1.82, 2.24) is 4.98 Å². The number of nitrogens with zero attached hydrogens (tertiary/aromatic N) is 1. The maximum Gasteiger partial charge on any atom is 0.308 e. The summed E-state index contributed by atoms with van der Waals surface area (Å²) in [6, 6.07) is 3.14. The predicted molar refractivity (Wildman–Crippen MR) is 78.0 cm³/mol. The summed E-state index contributed by atoms with van der Waals surface area (Å²) in [5.74, 6) is -1.03. The molecule has 0 aliphatic rings. The molecule has 1 unspecified atom stereocenters. The van der Waals surface area contributed by atoms with Gasteiger partial charge in [-0.3, -0.25) is 9.59 Å². The number of fused-ring (bicyclic) bond motifs is 1. The molecule has 0 aliphatic carbocycles. The van der Waals surface area contributed by atoms with Gasteiger partial charge in [-0.05, 0) is 6.07 Å². The van der Waals surface area contributed by atoms with E-state index in [0.717, 1.165) is 0 Å². The van der Waals surface area contributed by atoms with E-state index in [9.17, 15) is 14.7 Å². The average Bonchev–Trinajstić information content (AvgIpc) is 2.87. The second kappa shape index (κ2) is 6.09. The minimum Gasteiger partial charge on any atom is -0.503 e. The van der Waals surface area contributed by atoms with E-state index in [2.05, 4.69) is 9.72 Å². The number of rotatable bonds is 5. The summed E-state index contributed by atoms with van der Waals surface area (Å²) in [4.78, 5) is 28.1. The SMILES string of the molecule is COC(=O)C(C)CC(=O)c1cc2nc(OC)c(O)cc2s1. The van der Waals surface area contributed by atoms with Gasteiger partial charge in [0.05, 0.1) is 35.2 Å². The fourth-order valence-corrected chi connectivity index (χ4v) is 2.87. The van der Waals surface area contributed by atoms with Crippen molar-refractivity contribution in [2.75, 3.05) is 14.2 Å². The zero-order chi connectivity index (χ0) is 15.6. The lowest BCUT2D eigenvalue weighted by atomic mass is 10.0. The van der Waals surface area contributed by atoms with Crippen molar-refractivity contribution in [2.24, 2.45) is 5.92 Å². The Morgan fingerprint density at radius 3 is 2.71 bits per heavy atom. The van der Waals surface area contributed by atoms with Gasteiger partial charge in [0.2, 0.25) is 0 Å². The van der Waals surface area contributed by atoms with Crippen molar-refractivity contribution in [2.45, 2.75) is 13.3 Å². The van der Waals surface area contributed by atoms with E-state index < -0.39 is 11.9 Å². The number of ketones is 1. The number of hydrogen-bond donors (Lipinski definition) is 1. The van der Waals surface area contributed by atoms with Crippen LogP contribution in [0.4, 0.5) is 0 Å². The molecular formula is C14H15NO5S. The number of aromatic nitrogens is 1. The summed E-state index contributed by atoms with van der Waals surface area (Å²) >= 11 is 1.22. The lowest BCUT2D eigenvalue weighted by Gasteiger charge is -2.06. The first-order valence-electron chi connectivity index (χ1n) is 6.24. The fourth-order valence-electron chi connectivity index (χ4n) is 1.89. The second-order valence-corrected chi connectivity index (χ2v) is 5.65. The number of hydrogen-bond acceptors (Lipinski definition) is 7. The maximum atomic E-state index is 12.2. The number of aromatic hydroxyl groups is 1. The molecule has 0 aliphatic heterocycles. The summed E-state index contributed by atoms with van der Waals surface area (Å²) in [7, 11) is 2.70. The van der Waals surface area contributed by atoms with Crippen molar-refractivity contribution < 1.29 is 24.2 Å². The van der Waals surface area contributed by atoms with E-state index in [1.807, 2.05) is 0 Å². The number of carbonyl (C=O) groups excluding carboxylic acids is 2. The van der Waals surface area contributed by atoms with Gasteiger partial charge >= 0.3 is 5.97 Å². The molecule has 0 aromatic carbocycles. The Balaban J connectivity index is 2.26. The van der Waals surface area contributed by atoms with E-state index in [-0.39, 0.29) is 23.8 Å². The molecule has 0 fully saturated rings. The molecule has 2 aromatic heterocycles. The van der Waals surface area contributed by atoms with Crippen LogP contribution in [0.25, 0.3) is 10.2 Å². The largest absolute Gasteiger partial charge is 0.503 e. The normalized spacial score (nSPS) is 12.1. The molecule has 2 rings (SSSR count). The first kappa shape index (κ1) is 15.2. The molecule has 0 spiro atoms. The van der Waals surface area contributed by atoms with E-state index >= 15 is 0 Å². The highest BCUT2D eigenvalue weighted by Gasteiger charge is 2.20. The van der Waals surface area contributed by atoms with E-state index in [1.165, 1.54) is 31.6 Å². The predicted octanol–water partition coefficient (Wildman–Crippen LogP) is 2.39. The Morgan fingerprint density at radius 2 is 2.10 bits per heavy atom. The minimum absolute atomic E-state index is 0.0720. The third kappa shape index (κ3) is 3.13. The van der Waals surface area contributed by atoms with Gasteiger partial charge in [-0.15, -0.1) is 11.3 Å². The first-order valence-corrected chi connectivity index (χ1v) is 7.06. The van der Waals surface area contributed by atoms with Crippen LogP contribution in [0.3, 0.4) is 0 Å². The summed E-state index contributed by atoms with van der Waals surface area (Å²) in [6.07, 6.45) is 0.0720. The topological polar surface area (TPSA) is 85.7 Å². The fraction of sp³-hybridized carbons (Fsp3) is 0.357. The Labute approximate surface area is 125 Å². The summed E-state index contributed by atoms with van der Waals surface area (Å²) in [6.45, 7) is 1.64. The van der Waals surface area contributed by atoms with Crippen LogP contribution in [-0.4, -0.2) is 36.1 Å². The highest BCUT2D eigenvalue weighted by molar-refractivity contribution is 7.20. The van der Waals surface area contributed by atoms with Gasteiger partial charge < -0.3 is 14.6 Å². The summed E-state index contributed by atoms with van der Waals surface area (Å²) < 4.78 is 10.2. The quantitative estimate of drug-likeness (QED) is 0.674. The Morgan fingerprint density at radius 1 is 1.38 bits per heavy atom. The van der Waals surface area contributed by atoms with Gasteiger partial charge in [0, 0.05) is 12.5 Å². The number of pyridine rings is 1. The number of esters is 1. The number of ether oxygens (including phenoxy) is 2. The third-order valence-electron chi connectivity index (χ3n) is 3.01. The van der Waals surface area contributed by atoms with Crippen molar-refractivity contribution in [3.8, 4) is 11.6 Å². The van der Waals surface area contributed by atoms with Crippen LogP contribution >= 0.6 is 11.3 Å². The van der Waals surface area contributed by atoms with Crippen LogP contribution in [0.1, 0.15) is 23.0 Å². The van der Waals surface area contributed by atoms with Gasteiger partial charge in [0.25, 0.3) is 5.88 Å². The molecule has 6 nitrogen and oxygen atoms in total. The molecule has 0 saturated carbocycles. The van der Waals surface area contributed by atoms with Crippen LogP contribution in [0.5, 0.6) is 11.6 Å². The molecule has 0 amide bonds. The minimum atomic E-state index is -0.497. The van der Waals surface area contributed by atoms with E-state index in [4.69, 9.17) is 4.74 Å². The number of methoxy groups -OCH3 is 2. The Kier molecular flexibility index (Phi) is 4.42. The molecule has 2 heterocycles. The average molecular weight is 309 g/mol. The highest BCUT2D eigenvalue weighted by atomic mass is 32.1. The van der Waals surface area contributed by atoms with Crippen LogP contribution in [-0.2, 0) is 9.53 Å². The Hall–Kier alpha value is -2.15. The first-order chi connectivity index (χ1) is 9.96. The van der Waals surface area contributed by atoms with Gasteiger partial charge in [0.15, 0.2) is 11.5 Å². The van der Waals surface area contributed by atoms with Crippen molar-refractivity contribution >= 4 is 33.3 Å². The molecule has 1 atom stereocenters. The summed E-state index contributed by atoms with van der Waals surface area (Å²) in [5.41, 5.74) is 0.573. The zero-order valence-electron chi connectivity index (χ0n) is 11.9. The number of thiophene rings is 1. The van der Waals surface area contributed by atoms with E-state index in [1.54, 1.807) is 13.0 Å². The molecule has 0 saturated heterocycles. The Bertz CT molecular complexity index is 694. The van der Waals surface area contributed by atoms with Gasteiger partial charge in [-0.25, -0.2) is 4.98 Å². The van der Waals surface area contributed by atoms with Crippen LogP contribution in [0.15, 0.2) is 12.1 Å². The maximum absolute atomic E-state index is 12.2. The molecule has 1 N–H and O–H groups in total.